The number of pyridine rings is 2. The van der Waals surface area contributed by atoms with Gasteiger partial charge in [0.15, 0.2) is 0 Å². The first-order valence-electron chi connectivity index (χ1n) is 17.6. The summed E-state index contributed by atoms with van der Waals surface area (Å²) in [5, 5.41) is 3.77. The van der Waals surface area contributed by atoms with Crippen molar-refractivity contribution in [2.75, 3.05) is 0 Å². The van der Waals surface area contributed by atoms with Crippen LogP contribution in [0.3, 0.4) is 0 Å². The van der Waals surface area contributed by atoms with Crippen molar-refractivity contribution in [3.05, 3.63) is 138 Å². The molecule has 4 aromatic carbocycles. The van der Waals surface area contributed by atoms with E-state index in [1.54, 1.807) is 10.8 Å². The quantitative estimate of drug-likeness (QED) is 0.124. The van der Waals surface area contributed by atoms with E-state index in [9.17, 15) is 0 Å². The predicted octanol–water partition coefficient (Wildman–Crippen LogP) is 11.6. The van der Waals surface area contributed by atoms with Crippen molar-refractivity contribution in [2.24, 2.45) is 5.92 Å². The van der Waals surface area contributed by atoms with Gasteiger partial charge in [-0.25, -0.2) is 0 Å². The topological polar surface area (TPSA) is 38.9 Å². The molecule has 8 rings (SSSR count). The Morgan fingerprint density at radius 2 is 1.52 bits per heavy atom. The Balaban J connectivity index is 0.000000173. The largest absolute Gasteiger partial charge is 0.501 e. The van der Waals surface area contributed by atoms with Crippen LogP contribution in [0.4, 0.5) is 0 Å². The number of nitrogens with zero attached hydrogens (tertiary/aromatic N) is 2. The summed E-state index contributed by atoms with van der Waals surface area (Å²) in [6, 6.07) is 40.0. The van der Waals surface area contributed by atoms with E-state index in [0.29, 0.717) is 0 Å². The van der Waals surface area contributed by atoms with Gasteiger partial charge in [-0.05, 0) is 71.1 Å². The van der Waals surface area contributed by atoms with Crippen LogP contribution in [0.15, 0.2) is 114 Å². The van der Waals surface area contributed by atoms with Crippen LogP contribution in [-0.2, 0) is 26.5 Å². The van der Waals surface area contributed by atoms with Gasteiger partial charge in [0, 0.05) is 37.9 Å². The molecular weight excluding hydrogens is 805 g/mol. The third-order valence-electron chi connectivity index (χ3n) is 9.80. The smallest absolute Gasteiger partial charge is 0.121 e. The Bertz CT molecular complexity index is 2210. The molecule has 0 amide bonds. The average Bonchev–Trinajstić information content (AvgIpc) is 3.76. The second kappa shape index (κ2) is 15.4. The fourth-order valence-electron chi connectivity index (χ4n) is 7.19. The first kappa shape index (κ1) is 35.7. The SMILES string of the molecule is C[Si](C)(C)c1cnc(-c2[c-]cccc2)cc1CC1CCCC1.Cc1ccc2c(c1)oc1c(-c3cc(-c4ccccc4)c(C)cn3)[c-]ccc12.[Ir]. The maximum atomic E-state index is 6.22. The Kier molecular flexibility index (Phi) is 11.0. The summed E-state index contributed by atoms with van der Waals surface area (Å²) in [5.41, 5.74) is 12.0. The zero-order chi connectivity index (χ0) is 34.0. The summed E-state index contributed by atoms with van der Waals surface area (Å²) in [6.07, 6.45) is 11.0. The van der Waals surface area contributed by atoms with E-state index in [1.807, 2.05) is 30.5 Å². The Morgan fingerprint density at radius 1 is 0.760 bits per heavy atom. The van der Waals surface area contributed by atoms with Crippen LogP contribution in [0.2, 0.25) is 19.6 Å². The molecule has 7 aromatic rings. The molecule has 1 aliphatic carbocycles. The summed E-state index contributed by atoms with van der Waals surface area (Å²) < 4.78 is 6.22. The van der Waals surface area contributed by atoms with Gasteiger partial charge in [0.1, 0.15) is 5.58 Å². The zero-order valence-corrected chi connectivity index (χ0v) is 33.0. The normalized spacial score (nSPS) is 13.2. The predicted molar refractivity (Wildman–Crippen MR) is 208 cm³/mol. The molecule has 0 saturated heterocycles. The number of hydrogen-bond donors (Lipinski definition) is 0. The van der Waals surface area contributed by atoms with Crippen LogP contribution in [0, 0.1) is 31.9 Å². The minimum atomic E-state index is -1.35. The molecule has 5 heteroatoms. The molecule has 3 heterocycles. The summed E-state index contributed by atoms with van der Waals surface area (Å²) in [6.45, 7) is 11.4. The molecule has 0 bridgehead atoms. The first-order chi connectivity index (χ1) is 23.7. The maximum absolute atomic E-state index is 6.22. The molecule has 1 fully saturated rings. The third-order valence-corrected chi connectivity index (χ3v) is 11.9. The fraction of sp³-hybridized carbons (Fsp3) is 0.244. The number of aromatic nitrogens is 2. The van der Waals surface area contributed by atoms with Crippen molar-refractivity contribution in [1.82, 2.24) is 9.97 Å². The second-order valence-electron chi connectivity index (χ2n) is 14.6. The first-order valence-corrected chi connectivity index (χ1v) is 21.1. The van der Waals surface area contributed by atoms with Crippen LogP contribution in [0.5, 0.6) is 0 Å². The van der Waals surface area contributed by atoms with Crippen LogP contribution in [0.25, 0.3) is 55.6 Å². The fourth-order valence-corrected chi connectivity index (χ4v) is 8.78. The summed E-state index contributed by atoms with van der Waals surface area (Å²) >= 11 is 0. The van der Waals surface area contributed by atoms with E-state index in [-0.39, 0.29) is 20.1 Å². The van der Waals surface area contributed by atoms with Gasteiger partial charge in [-0.1, -0.05) is 116 Å². The molecule has 0 atom stereocenters. The monoisotopic (exact) mass is 849 g/mol. The van der Waals surface area contributed by atoms with Gasteiger partial charge < -0.3 is 14.4 Å². The van der Waals surface area contributed by atoms with Crippen LogP contribution in [-0.4, -0.2) is 18.0 Å². The van der Waals surface area contributed by atoms with Crippen molar-refractivity contribution in [3.8, 4) is 33.6 Å². The Hall–Kier alpha value is -4.15. The zero-order valence-electron chi connectivity index (χ0n) is 29.6. The summed E-state index contributed by atoms with van der Waals surface area (Å²) in [7, 11) is -1.35. The average molecular weight is 849 g/mol. The molecule has 0 spiro atoms. The summed E-state index contributed by atoms with van der Waals surface area (Å²) in [5.74, 6) is 0.880. The molecule has 1 aliphatic rings. The van der Waals surface area contributed by atoms with Gasteiger partial charge in [-0.3, -0.25) is 0 Å². The van der Waals surface area contributed by atoms with Gasteiger partial charge in [0.25, 0.3) is 0 Å². The van der Waals surface area contributed by atoms with E-state index in [0.717, 1.165) is 55.9 Å². The van der Waals surface area contributed by atoms with Crippen LogP contribution >= 0.6 is 0 Å². The molecule has 50 heavy (non-hydrogen) atoms. The minimum Gasteiger partial charge on any atom is -0.501 e. The number of rotatable bonds is 6. The molecule has 1 saturated carbocycles. The summed E-state index contributed by atoms with van der Waals surface area (Å²) in [4.78, 5) is 9.44. The van der Waals surface area contributed by atoms with Crippen molar-refractivity contribution in [1.29, 1.82) is 0 Å². The van der Waals surface area contributed by atoms with E-state index < -0.39 is 8.07 Å². The standard InChI is InChI=1S/C25H18NO.C20H26NSi.Ir/c1-16-11-12-19-20-9-6-10-21(25(20)27-24(19)13-16)23-14-22(17(2)15-26-23)18-7-4-3-5-8-18;1-22(2,3)20-15-21-19(17-11-5-4-6-12-17)14-18(20)13-16-9-7-8-10-16;/h3-9,11-15H,1-2H3;4-6,11,14-16H,7-10,13H2,1-3H3;/q2*-1;. The minimum absolute atomic E-state index is 0. The van der Waals surface area contributed by atoms with E-state index in [2.05, 4.69) is 130 Å². The van der Waals surface area contributed by atoms with Crippen LogP contribution < -0.4 is 5.19 Å². The maximum Gasteiger partial charge on any atom is 0.121 e. The molecule has 0 N–H and O–H groups in total. The van der Waals surface area contributed by atoms with E-state index in [4.69, 9.17) is 9.40 Å². The van der Waals surface area contributed by atoms with Gasteiger partial charge in [-0.2, -0.15) is 0 Å². The number of benzene rings is 4. The number of fused-ring (bicyclic) bond motifs is 3. The third kappa shape index (κ3) is 7.76. The van der Waals surface area contributed by atoms with Crippen molar-refractivity contribution < 1.29 is 24.5 Å². The Labute approximate surface area is 311 Å². The molecule has 0 unspecified atom stereocenters. The second-order valence-corrected chi connectivity index (χ2v) is 19.6. The van der Waals surface area contributed by atoms with Gasteiger partial charge in [-0.15, -0.1) is 54.1 Å². The molecular formula is C45H44IrN2OSi-2. The van der Waals surface area contributed by atoms with Crippen LogP contribution in [0.1, 0.15) is 42.4 Å². The molecule has 0 aliphatic heterocycles. The van der Waals surface area contributed by atoms with Crippen molar-refractivity contribution in [3.63, 3.8) is 0 Å². The number of aryl methyl sites for hydroxylation is 2. The van der Waals surface area contributed by atoms with E-state index in [1.165, 1.54) is 48.8 Å². The van der Waals surface area contributed by atoms with Gasteiger partial charge >= 0.3 is 0 Å². The van der Waals surface area contributed by atoms with E-state index >= 15 is 0 Å². The van der Waals surface area contributed by atoms with Crippen molar-refractivity contribution in [2.45, 2.75) is 65.6 Å². The molecule has 1 radical (unpaired) electrons. The molecule has 255 valence electrons. The Morgan fingerprint density at radius 3 is 2.26 bits per heavy atom. The van der Waals surface area contributed by atoms with Crippen molar-refractivity contribution >= 4 is 35.2 Å². The number of hydrogen-bond acceptors (Lipinski definition) is 3. The molecule has 3 nitrogen and oxygen atoms in total. The van der Waals surface area contributed by atoms with Gasteiger partial charge in [0.2, 0.25) is 0 Å². The van der Waals surface area contributed by atoms with Gasteiger partial charge in [0.05, 0.1) is 13.7 Å². The molecule has 3 aromatic heterocycles. The number of furan rings is 1.